The van der Waals surface area contributed by atoms with Gasteiger partial charge in [-0.05, 0) is 18.2 Å². The molecule has 6 nitrogen and oxygen atoms in total. The number of aromatic nitrogens is 2. The van der Waals surface area contributed by atoms with Gasteiger partial charge in [-0.25, -0.2) is 9.48 Å². The molecule has 0 aliphatic carbocycles. The molecule has 6 heteroatoms. The van der Waals surface area contributed by atoms with Crippen LogP contribution in [0.1, 0.15) is 23.8 Å². The number of carbonyl (C=O) groups excluding carboxylic acids is 1. The largest absolute Gasteiger partial charge is 0.476 e. The number of hydrogen-bond acceptors (Lipinski definition) is 3. The lowest BCUT2D eigenvalue weighted by Crippen LogP contribution is -2.12. The second-order valence-electron chi connectivity index (χ2n) is 3.87. The zero-order chi connectivity index (χ0) is 13.8. The fraction of sp³-hybridized carbons (Fsp3) is 0.154. The fourth-order valence-corrected chi connectivity index (χ4v) is 1.59. The molecule has 0 bridgehead atoms. The van der Waals surface area contributed by atoms with Gasteiger partial charge in [0.05, 0.1) is 11.4 Å². The molecule has 0 spiro atoms. The van der Waals surface area contributed by atoms with Crippen molar-refractivity contribution >= 4 is 17.6 Å². The molecule has 0 aliphatic rings. The van der Waals surface area contributed by atoms with Crippen LogP contribution in [-0.2, 0) is 4.79 Å². The van der Waals surface area contributed by atoms with Crippen LogP contribution in [0.4, 0.5) is 5.69 Å². The number of rotatable bonds is 4. The molecule has 1 aromatic heterocycles. The number of nitrogens with one attached hydrogen (secondary N) is 1. The Labute approximate surface area is 109 Å². The lowest BCUT2D eigenvalue weighted by Gasteiger charge is -2.10. The topological polar surface area (TPSA) is 84.2 Å². The number of anilines is 1. The Morgan fingerprint density at radius 2 is 2.05 bits per heavy atom. The van der Waals surface area contributed by atoms with E-state index in [9.17, 15) is 9.59 Å². The van der Waals surface area contributed by atoms with Gasteiger partial charge in [0.25, 0.3) is 0 Å². The van der Waals surface area contributed by atoms with E-state index in [2.05, 4.69) is 10.4 Å². The molecular weight excluding hydrogens is 246 g/mol. The molecule has 1 heterocycles. The van der Waals surface area contributed by atoms with Crippen molar-refractivity contribution < 1.29 is 14.7 Å². The molecule has 19 heavy (non-hydrogen) atoms. The van der Waals surface area contributed by atoms with Gasteiger partial charge >= 0.3 is 5.97 Å². The van der Waals surface area contributed by atoms with Gasteiger partial charge in [-0.15, -0.1) is 0 Å². The number of aromatic carboxylic acids is 1. The first-order valence-corrected chi connectivity index (χ1v) is 5.80. The lowest BCUT2D eigenvalue weighted by molar-refractivity contribution is -0.115. The van der Waals surface area contributed by atoms with Crippen LogP contribution in [0, 0.1) is 0 Å². The van der Waals surface area contributed by atoms with Crippen LogP contribution in [0.2, 0.25) is 0 Å². The summed E-state index contributed by atoms with van der Waals surface area (Å²) in [7, 11) is 0. The van der Waals surface area contributed by atoms with Gasteiger partial charge in [0, 0.05) is 12.6 Å². The molecular formula is C13H13N3O3. The van der Waals surface area contributed by atoms with Gasteiger partial charge in [0.2, 0.25) is 5.91 Å². The SMILES string of the molecule is CCC(=O)Nc1ccccc1-n1ccc(C(=O)O)n1. The van der Waals surface area contributed by atoms with Gasteiger partial charge in [-0.2, -0.15) is 5.10 Å². The summed E-state index contributed by atoms with van der Waals surface area (Å²) < 4.78 is 1.43. The number of carbonyl (C=O) groups is 2. The number of amides is 1. The minimum Gasteiger partial charge on any atom is -0.476 e. The van der Waals surface area contributed by atoms with E-state index in [1.807, 2.05) is 0 Å². The zero-order valence-electron chi connectivity index (χ0n) is 10.3. The third-order valence-electron chi connectivity index (χ3n) is 2.55. The Kier molecular flexibility index (Phi) is 3.61. The molecule has 98 valence electrons. The van der Waals surface area contributed by atoms with E-state index in [-0.39, 0.29) is 11.6 Å². The van der Waals surface area contributed by atoms with E-state index >= 15 is 0 Å². The minimum atomic E-state index is -1.09. The molecule has 2 aromatic rings. The number of hydrogen-bond donors (Lipinski definition) is 2. The highest BCUT2D eigenvalue weighted by Crippen LogP contribution is 2.19. The van der Waals surface area contributed by atoms with E-state index < -0.39 is 5.97 Å². The maximum Gasteiger partial charge on any atom is 0.356 e. The molecule has 1 aromatic carbocycles. The number of carboxylic acid groups (broad SMARTS) is 1. The van der Waals surface area contributed by atoms with Crippen LogP contribution in [0.5, 0.6) is 0 Å². The lowest BCUT2D eigenvalue weighted by atomic mass is 10.2. The Bertz CT molecular complexity index is 619. The van der Waals surface area contributed by atoms with Gasteiger partial charge in [0.1, 0.15) is 0 Å². The van der Waals surface area contributed by atoms with Crippen molar-refractivity contribution in [3.63, 3.8) is 0 Å². The van der Waals surface area contributed by atoms with Gasteiger partial charge in [-0.3, -0.25) is 4.79 Å². The van der Waals surface area contributed by atoms with Crippen molar-refractivity contribution in [1.29, 1.82) is 0 Å². The smallest absolute Gasteiger partial charge is 0.356 e. The average Bonchev–Trinajstić information content (AvgIpc) is 2.89. The van der Waals surface area contributed by atoms with Gasteiger partial charge in [0.15, 0.2) is 5.69 Å². The Hall–Kier alpha value is -2.63. The Balaban J connectivity index is 2.38. The molecule has 0 saturated heterocycles. The molecule has 2 N–H and O–H groups in total. The van der Waals surface area contributed by atoms with E-state index in [4.69, 9.17) is 5.11 Å². The number of para-hydroxylation sites is 2. The first kappa shape index (κ1) is 12.8. The normalized spacial score (nSPS) is 10.2. The van der Waals surface area contributed by atoms with Crippen LogP contribution in [0.15, 0.2) is 36.5 Å². The van der Waals surface area contributed by atoms with Gasteiger partial charge < -0.3 is 10.4 Å². The van der Waals surface area contributed by atoms with E-state index in [1.165, 1.54) is 10.7 Å². The molecule has 0 atom stereocenters. The molecule has 2 rings (SSSR count). The predicted molar refractivity (Wildman–Crippen MR) is 69.4 cm³/mol. The highest BCUT2D eigenvalue weighted by atomic mass is 16.4. The minimum absolute atomic E-state index is 0.0448. The van der Waals surface area contributed by atoms with Crippen LogP contribution >= 0.6 is 0 Å². The quantitative estimate of drug-likeness (QED) is 0.878. The van der Waals surface area contributed by atoms with Crippen LogP contribution in [0.3, 0.4) is 0 Å². The monoisotopic (exact) mass is 259 g/mol. The molecule has 0 radical (unpaired) electrons. The third-order valence-corrected chi connectivity index (χ3v) is 2.55. The van der Waals surface area contributed by atoms with Crippen molar-refractivity contribution in [2.45, 2.75) is 13.3 Å². The zero-order valence-corrected chi connectivity index (χ0v) is 10.3. The van der Waals surface area contributed by atoms with Crippen LogP contribution in [-0.4, -0.2) is 26.8 Å². The van der Waals surface area contributed by atoms with Gasteiger partial charge in [-0.1, -0.05) is 19.1 Å². The summed E-state index contributed by atoms with van der Waals surface area (Å²) in [5.74, 6) is -1.20. The number of carboxylic acids is 1. The molecule has 0 saturated carbocycles. The fourth-order valence-electron chi connectivity index (χ4n) is 1.59. The summed E-state index contributed by atoms with van der Waals surface area (Å²) in [6.07, 6.45) is 1.91. The average molecular weight is 259 g/mol. The van der Waals surface area contributed by atoms with Crippen molar-refractivity contribution in [2.75, 3.05) is 5.32 Å². The number of benzene rings is 1. The Morgan fingerprint density at radius 1 is 1.32 bits per heavy atom. The Morgan fingerprint density at radius 3 is 2.68 bits per heavy atom. The highest BCUT2D eigenvalue weighted by molar-refractivity contribution is 5.92. The summed E-state index contributed by atoms with van der Waals surface area (Å²) in [5, 5.41) is 15.5. The summed E-state index contributed by atoms with van der Waals surface area (Å²) in [6.45, 7) is 1.76. The molecule has 0 fully saturated rings. The van der Waals surface area contributed by atoms with Crippen molar-refractivity contribution in [1.82, 2.24) is 9.78 Å². The maximum absolute atomic E-state index is 11.4. The third kappa shape index (κ3) is 2.79. The second-order valence-corrected chi connectivity index (χ2v) is 3.87. The van der Waals surface area contributed by atoms with E-state index in [0.717, 1.165) is 0 Å². The maximum atomic E-state index is 11.4. The summed E-state index contributed by atoms with van der Waals surface area (Å²) >= 11 is 0. The first-order chi connectivity index (χ1) is 9.11. The van der Waals surface area contributed by atoms with Crippen molar-refractivity contribution in [3.05, 3.63) is 42.2 Å². The molecule has 0 unspecified atom stereocenters. The van der Waals surface area contributed by atoms with E-state index in [1.54, 1.807) is 37.4 Å². The highest BCUT2D eigenvalue weighted by Gasteiger charge is 2.11. The first-order valence-electron chi connectivity index (χ1n) is 5.80. The summed E-state index contributed by atoms with van der Waals surface area (Å²) in [4.78, 5) is 22.3. The summed E-state index contributed by atoms with van der Waals surface area (Å²) in [5.41, 5.74) is 1.17. The standard InChI is InChI=1S/C13H13N3O3/c1-2-12(17)14-9-5-3-4-6-11(9)16-8-7-10(15-16)13(18)19/h3-8H,2H2,1H3,(H,14,17)(H,18,19). The van der Waals surface area contributed by atoms with E-state index in [0.29, 0.717) is 17.8 Å². The summed E-state index contributed by atoms with van der Waals surface area (Å²) in [6, 6.07) is 8.48. The predicted octanol–water partition coefficient (Wildman–Crippen LogP) is 1.92. The molecule has 0 aliphatic heterocycles. The van der Waals surface area contributed by atoms with Crippen molar-refractivity contribution in [3.8, 4) is 5.69 Å². The number of nitrogens with zero attached hydrogens (tertiary/aromatic N) is 2. The second kappa shape index (κ2) is 5.34. The molecule has 1 amide bonds. The van der Waals surface area contributed by atoms with Crippen molar-refractivity contribution in [2.24, 2.45) is 0 Å². The van der Waals surface area contributed by atoms with Crippen LogP contribution in [0.25, 0.3) is 5.69 Å². The van der Waals surface area contributed by atoms with Crippen LogP contribution < -0.4 is 5.32 Å².